The van der Waals surface area contributed by atoms with Crippen molar-refractivity contribution >= 4 is 5.78 Å². The number of aryl methyl sites for hydroxylation is 1. The van der Waals surface area contributed by atoms with Gasteiger partial charge in [0.25, 0.3) is 0 Å². The molecule has 5 heteroatoms. The Morgan fingerprint density at radius 3 is 2.61 bits per heavy atom. The van der Waals surface area contributed by atoms with Gasteiger partial charge >= 0.3 is 0 Å². The van der Waals surface area contributed by atoms with Gasteiger partial charge in [0.05, 0.1) is 5.56 Å². The predicted octanol–water partition coefficient (Wildman–Crippen LogP) is 3.16. The van der Waals surface area contributed by atoms with E-state index in [0.717, 1.165) is 11.6 Å². The fourth-order valence-corrected chi connectivity index (χ4v) is 2.04. The summed E-state index contributed by atoms with van der Waals surface area (Å²) < 4.78 is 24.1. The highest BCUT2D eigenvalue weighted by atomic mass is 19.1. The number of Topliss-reactive ketones (excluding diaryl/α,β-unsaturated/α-hetero) is 1. The minimum atomic E-state index is -0.904. The molecular formula is C18H19FO4. The molecule has 0 aliphatic heterocycles. The van der Waals surface area contributed by atoms with Gasteiger partial charge in [-0.15, -0.1) is 0 Å². The number of rotatable bonds is 7. The number of halogens is 1. The highest BCUT2D eigenvalue weighted by Crippen LogP contribution is 2.21. The summed E-state index contributed by atoms with van der Waals surface area (Å²) in [5.41, 5.74) is 1.33. The Kier molecular flexibility index (Phi) is 5.71. The molecule has 0 amide bonds. The molecular weight excluding hydrogens is 299 g/mol. The number of aliphatic hydroxyl groups is 1. The first-order valence-electron chi connectivity index (χ1n) is 7.26. The van der Waals surface area contributed by atoms with Gasteiger partial charge in [-0.05, 0) is 43.7 Å². The minimum absolute atomic E-state index is 0.0359. The van der Waals surface area contributed by atoms with Crippen molar-refractivity contribution in [1.29, 1.82) is 0 Å². The zero-order valence-corrected chi connectivity index (χ0v) is 13.1. The molecule has 2 aromatic carbocycles. The van der Waals surface area contributed by atoms with Gasteiger partial charge in [0.15, 0.2) is 5.78 Å². The Balaban J connectivity index is 1.90. The van der Waals surface area contributed by atoms with Crippen LogP contribution >= 0.6 is 0 Å². The Bertz CT molecular complexity index is 684. The zero-order chi connectivity index (χ0) is 16.8. The van der Waals surface area contributed by atoms with E-state index in [2.05, 4.69) is 0 Å². The van der Waals surface area contributed by atoms with Gasteiger partial charge in [-0.3, -0.25) is 4.79 Å². The third-order valence-corrected chi connectivity index (χ3v) is 3.19. The van der Waals surface area contributed by atoms with Crippen molar-refractivity contribution in [3.8, 4) is 11.5 Å². The summed E-state index contributed by atoms with van der Waals surface area (Å²) in [6.45, 7) is 3.25. The maximum absolute atomic E-state index is 13.3. The predicted molar refractivity (Wildman–Crippen MR) is 84.6 cm³/mol. The molecule has 2 aromatic rings. The van der Waals surface area contributed by atoms with Crippen LogP contribution in [0.25, 0.3) is 0 Å². The maximum atomic E-state index is 13.3. The number of ketones is 1. The second-order valence-corrected chi connectivity index (χ2v) is 5.29. The van der Waals surface area contributed by atoms with E-state index in [-0.39, 0.29) is 30.3 Å². The van der Waals surface area contributed by atoms with Gasteiger partial charge in [-0.2, -0.15) is 0 Å². The van der Waals surface area contributed by atoms with Crippen LogP contribution in [0.3, 0.4) is 0 Å². The third-order valence-electron chi connectivity index (χ3n) is 3.19. The lowest BCUT2D eigenvalue weighted by Gasteiger charge is -2.15. The first-order valence-corrected chi connectivity index (χ1v) is 7.26. The quantitative estimate of drug-likeness (QED) is 0.797. The van der Waals surface area contributed by atoms with Crippen LogP contribution in [-0.4, -0.2) is 30.2 Å². The monoisotopic (exact) mass is 318 g/mol. The Morgan fingerprint density at radius 1 is 1.17 bits per heavy atom. The van der Waals surface area contributed by atoms with E-state index >= 15 is 0 Å². The average Bonchev–Trinajstić information content (AvgIpc) is 2.50. The molecule has 122 valence electrons. The van der Waals surface area contributed by atoms with Crippen LogP contribution < -0.4 is 9.47 Å². The number of hydrogen-bond acceptors (Lipinski definition) is 4. The smallest absolute Gasteiger partial charge is 0.163 e. The zero-order valence-electron chi connectivity index (χ0n) is 13.1. The number of ether oxygens (including phenoxy) is 2. The molecule has 0 saturated carbocycles. The van der Waals surface area contributed by atoms with E-state index in [0.29, 0.717) is 5.75 Å². The molecule has 4 nitrogen and oxygen atoms in total. The van der Waals surface area contributed by atoms with E-state index in [1.165, 1.54) is 19.1 Å². The minimum Gasteiger partial charge on any atom is -0.491 e. The number of carbonyl (C=O) groups is 1. The molecule has 0 saturated heterocycles. The molecule has 1 unspecified atom stereocenters. The molecule has 2 rings (SSSR count). The summed E-state index contributed by atoms with van der Waals surface area (Å²) in [5.74, 6) is 0.0346. The van der Waals surface area contributed by atoms with Crippen molar-refractivity contribution < 1.29 is 23.8 Å². The van der Waals surface area contributed by atoms with Crippen molar-refractivity contribution in [2.45, 2.75) is 20.0 Å². The van der Waals surface area contributed by atoms with E-state index in [1.807, 2.05) is 25.1 Å². The van der Waals surface area contributed by atoms with Gasteiger partial charge in [0.2, 0.25) is 0 Å². The second-order valence-electron chi connectivity index (χ2n) is 5.29. The summed E-state index contributed by atoms with van der Waals surface area (Å²) in [6.07, 6.45) is -0.904. The molecule has 0 aliphatic carbocycles. The molecule has 0 aliphatic rings. The molecule has 0 radical (unpaired) electrons. The first kappa shape index (κ1) is 17.0. The molecule has 0 aromatic heterocycles. The SMILES string of the molecule is CC(=O)c1ccc(F)cc1OCC(O)COc1cccc(C)c1. The van der Waals surface area contributed by atoms with Crippen LogP contribution in [0.1, 0.15) is 22.8 Å². The van der Waals surface area contributed by atoms with E-state index in [1.54, 1.807) is 6.07 Å². The topological polar surface area (TPSA) is 55.8 Å². The standard InChI is InChI=1S/C18H19FO4/c1-12-4-3-5-16(8-12)22-10-15(21)11-23-18-9-14(19)6-7-17(18)13(2)20/h3-9,15,21H,10-11H2,1-2H3. The maximum Gasteiger partial charge on any atom is 0.163 e. The van der Waals surface area contributed by atoms with Crippen molar-refractivity contribution in [3.63, 3.8) is 0 Å². The Labute approximate surface area is 134 Å². The van der Waals surface area contributed by atoms with Crippen molar-refractivity contribution in [1.82, 2.24) is 0 Å². The van der Waals surface area contributed by atoms with Crippen LogP contribution in [0.2, 0.25) is 0 Å². The number of aliphatic hydroxyl groups excluding tert-OH is 1. The van der Waals surface area contributed by atoms with Gasteiger partial charge in [0, 0.05) is 6.07 Å². The summed E-state index contributed by atoms with van der Waals surface area (Å²) >= 11 is 0. The second kappa shape index (κ2) is 7.74. The molecule has 1 atom stereocenters. The normalized spacial score (nSPS) is 11.8. The summed E-state index contributed by atoms with van der Waals surface area (Å²) in [4.78, 5) is 11.5. The lowest BCUT2D eigenvalue weighted by Crippen LogP contribution is -2.25. The van der Waals surface area contributed by atoms with Crippen LogP contribution in [0, 0.1) is 12.7 Å². The fourth-order valence-electron chi connectivity index (χ4n) is 2.04. The highest BCUT2D eigenvalue weighted by Gasteiger charge is 2.12. The van der Waals surface area contributed by atoms with Gasteiger partial charge in [-0.1, -0.05) is 12.1 Å². The molecule has 0 heterocycles. The highest BCUT2D eigenvalue weighted by molar-refractivity contribution is 5.96. The summed E-state index contributed by atoms with van der Waals surface area (Å²) in [7, 11) is 0. The van der Waals surface area contributed by atoms with Crippen LogP contribution in [0.5, 0.6) is 11.5 Å². The Morgan fingerprint density at radius 2 is 1.91 bits per heavy atom. The van der Waals surface area contributed by atoms with E-state index in [4.69, 9.17) is 9.47 Å². The van der Waals surface area contributed by atoms with Gasteiger partial charge < -0.3 is 14.6 Å². The first-order chi connectivity index (χ1) is 11.0. The molecule has 0 bridgehead atoms. The molecule has 1 N–H and O–H groups in total. The lowest BCUT2D eigenvalue weighted by molar-refractivity contribution is 0.0619. The van der Waals surface area contributed by atoms with Crippen LogP contribution in [0.4, 0.5) is 4.39 Å². The van der Waals surface area contributed by atoms with Crippen molar-refractivity contribution in [2.75, 3.05) is 13.2 Å². The van der Waals surface area contributed by atoms with E-state index in [9.17, 15) is 14.3 Å². The Hall–Kier alpha value is -2.40. The number of benzene rings is 2. The average molecular weight is 318 g/mol. The largest absolute Gasteiger partial charge is 0.491 e. The molecule has 23 heavy (non-hydrogen) atoms. The van der Waals surface area contributed by atoms with Crippen LogP contribution in [0.15, 0.2) is 42.5 Å². The number of carbonyl (C=O) groups excluding carboxylic acids is 1. The molecule has 0 fully saturated rings. The van der Waals surface area contributed by atoms with E-state index < -0.39 is 11.9 Å². The van der Waals surface area contributed by atoms with Gasteiger partial charge in [-0.25, -0.2) is 4.39 Å². The van der Waals surface area contributed by atoms with Crippen molar-refractivity contribution in [2.24, 2.45) is 0 Å². The summed E-state index contributed by atoms with van der Waals surface area (Å²) in [6, 6.07) is 11.1. The fraction of sp³-hybridized carbons (Fsp3) is 0.278. The molecule has 0 spiro atoms. The van der Waals surface area contributed by atoms with Crippen LogP contribution in [-0.2, 0) is 0 Å². The van der Waals surface area contributed by atoms with Gasteiger partial charge in [0.1, 0.15) is 36.6 Å². The summed E-state index contributed by atoms with van der Waals surface area (Å²) in [5, 5.41) is 9.91. The van der Waals surface area contributed by atoms with Crippen molar-refractivity contribution in [3.05, 3.63) is 59.4 Å². The number of hydrogen-bond donors (Lipinski definition) is 1. The third kappa shape index (κ3) is 5.07. The lowest BCUT2D eigenvalue weighted by atomic mass is 10.1.